The molecule has 0 bridgehead atoms. The lowest BCUT2D eigenvalue weighted by Gasteiger charge is -2.40. The molecule has 1 heterocycles. The third-order valence-corrected chi connectivity index (χ3v) is 6.13. The van der Waals surface area contributed by atoms with E-state index in [0.717, 1.165) is 22.3 Å². The van der Waals surface area contributed by atoms with Crippen molar-refractivity contribution in [2.45, 2.75) is 36.9 Å². The second-order valence-corrected chi connectivity index (χ2v) is 8.50. The highest BCUT2D eigenvalue weighted by Gasteiger charge is 2.44. The quantitative estimate of drug-likeness (QED) is 0.446. The average Bonchev–Trinajstić information content (AvgIpc) is 2.84. The number of halogens is 1. The molecule has 0 aromatic heterocycles. The third-order valence-electron chi connectivity index (χ3n) is 5.76. The summed E-state index contributed by atoms with van der Waals surface area (Å²) in [5.41, 5.74) is 4.33. The van der Waals surface area contributed by atoms with Gasteiger partial charge in [-0.05, 0) is 53.4 Å². The summed E-state index contributed by atoms with van der Waals surface area (Å²) in [7, 11) is 0. The van der Waals surface area contributed by atoms with E-state index in [1.807, 2.05) is 60.7 Å². The zero-order valence-corrected chi connectivity index (χ0v) is 18.6. The Morgan fingerprint density at radius 2 is 1.45 bits per heavy atom. The van der Waals surface area contributed by atoms with E-state index < -0.39 is 37.1 Å². The van der Waals surface area contributed by atoms with E-state index in [-0.39, 0.29) is 0 Å². The molecular formula is C27H25ClO5. The Morgan fingerprint density at radius 3 is 2.12 bits per heavy atom. The summed E-state index contributed by atoms with van der Waals surface area (Å²) in [6.07, 6.45) is -5.46. The van der Waals surface area contributed by atoms with Gasteiger partial charge in [0.05, 0.1) is 6.61 Å². The number of ether oxygens (including phenoxy) is 1. The summed E-state index contributed by atoms with van der Waals surface area (Å²) in [6.45, 7) is -0.471. The van der Waals surface area contributed by atoms with Crippen LogP contribution >= 0.6 is 11.6 Å². The van der Waals surface area contributed by atoms with Crippen LogP contribution in [0.25, 0.3) is 0 Å². The molecule has 6 heteroatoms. The molecule has 5 atom stereocenters. The highest BCUT2D eigenvalue weighted by molar-refractivity contribution is 6.31. The van der Waals surface area contributed by atoms with Crippen LogP contribution in [0.4, 0.5) is 0 Å². The van der Waals surface area contributed by atoms with Gasteiger partial charge < -0.3 is 25.2 Å². The lowest BCUT2D eigenvalue weighted by atomic mass is 9.90. The first-order chi connectivity index (χ1) is 16.0. The smallest absolute Gasteiger partial charge is 0.113 e. The van der Waals surface area contributed by atoms with Crippen LogP contribution < -0.4 is 0 Å². The largest absolute Gasteiger partial charge is 0.394 e. The van der Waals surface area contributed by atoms with Crippen LogP contribution in [0.5, 0.6) is 0 Å². The van der Waals surface area contributed by atoms with E-state index >= 15 is 0 Å². The van der Waals surface area contributed by atoms with Gasteiger partial charge in [-0.2, -0.15) is 0 Å². The van der Waals surface area contributed by atoms with Crippen molar-refractivity contribution in [2.75, 3.05) is 6.61 Å². The van der Waals surface area contributed by atoms with Gasteiger partial charge in [0.25, 0.3) is 0 Å². The number of benzene rings is 3. The molecule has 1 fully saturated rings. The molecule has 0 spiro atoms. The van der Waals surface area contributed by atoms with Gasteiger partial charge >= 0.3 is 0 Å². The molecule has 0 saturated carbocycles. The summed E-state index contributed by atoms with van der Waals surface area (Å²) < 4.78 is 5.67. The zero-order chi connectivity index (χ0) is 23.4. The summed E-state index contributed by atoms with van der Waals surface area (Å²) in [5, 5.41) is 40.6. The van der Waals surface area contributed by atoms with Crippen LogP contribution in [0.2, 0.25) is 5.02 Å². The molecule has 33 heavy (non-hydrogen) atoms. The van der Waals surface area contributed by atoms with E-state index in [4.69, 9.17) is 16.3 Å². The third kappa shape index (κ3) is 5.45. The van der Waals surface area contributed by atoms with Crippen LogP contribution in [0, 0.1) is 11.8 Å². The van der Waals surface area contributed by atoms with Crippen LogP contribution in [-0.4, -0.2) is 51.4 Å². The summed E-state index contributed by atoms with van der Waals surface area (Å²) in [5.74, 6) is 6.29. The topological polar surface area (TPSA) is 90.2 Å². The Morgan fingerprint density at radius 1 is 0.788 bits per heavy atom. The fraction of sp³-hybridized carbons (Fsp3) is 0.259. The second kappa shape index (κ2) is 10.5. The molecule has 0 amide bonds. The Labute approximate surface area is 197 Å². The summed E-state index contributed by atoms with van der Waals surface area (Å²) >= 11 is 6.42. The summed E-state index contributed by atoms with van der Waals surface area (Å²) in [6, 6.07) is 22.9. The van der Waals surface area contributed by atoms with Gasteiger partial charge in [0.15, 0.2) is 0 Å². The van der Waals surface area contributed by atoms with E-state index in [2.05, 4.69) is 11.8 Å². The Kier molecular flexibility index (Phi) is 7.46. The highest BCUT2D eigenvalue weighted by atomic mass is 35.5. The maximum Gasteiger partial charge on any atom is 0.113 e. The van der Waals surface area contributed by atoms with Crippen LogP contribution in [0.15, 0.2) is 72.8 Å². The van der Waals surface area contributed by atoms with Crippen molar-refractivity contribution in [3.8, 4) is 11.8 Å². The van der Waals surface area contributed by atoms with Crippen molar-refractivity contribution in [3.05, 3.63) is 106 Å². The van der Waals surface area contributed by atoms with E-state index in [9.17, 15) is 20.4 Å². The lowest BCUT2D eigenvalue weighted by Crippen LogP contribution is -2.55. The molecule has 4 rings (SSSR count). The molecule has 4 N–H and O–H groups in total. The molecule has 3 aromatic carbocycles. The Bertz CT molecular complexity index is 1130. The van der Waals surface area contributed by atoms with Gasteiger partial charge in [0, 0.05) is 16.1 Å². The molecule has 170 valence electrons. The number of hydrogen-bond donors (Lipinski definition) is 4. The number of aliphatic hydroxyl groups is 4. The first-order valence-electron chi connectivity index (χ1n) is 10.7. The molecule has 5 nitrogen and oxygen atoms in total. The van der Waals surface area contributed by atoms with Crippen molar-refractivity contribution < 1.29 is 25.2 Å². The molecule has 0 aliphatic carbocycles. The van der Waals surface area contributed by atoms with E-state index in [1.54, 1.807) is 12.1 Å². The van der Waals surface area contributed by atoms with Crippen molar-refractivity contribution >= 4 is 11.6 Å². The van der Waals surface area contributed by atoms with Crippen LogP contribution in [0.1, 0.15) is 33.9 Å². The number of rotatable bonds is 4. The summed E-state index contributed by atoms with van der Waals surface area (Å²) in [4.78, 5) is 0. The molecule has 1 saturated heterocycles. The molecule has 1 aliphatic heterocycles. The molecular weight excluding hydrogens is 440 g/mol. The van der Waals surface area contributed by atoms with Crippen molar-refractivity contribution in [1.82, 2.24) is 0 Å². The molecule has 1 aliphatic rings. The van der Waals surface area contributed by atoms with Gasteiger partial charge in [-0.3, -0.25) is 0 Å². The predicted molar refractivity (Wildman–Crippen MR) is 126 cm³/mol. The fourth-order valence-electron chi connectivity index (χ4n) is 3.88. The Hall–Kier alpha value is -2.69. The van der Waals surface area contributed by atoms with Gasteiger partial charge in [-0.25, -0.2) is 0 Å². The molecule has 3 aromatic rings. The lowest BCUT2D eigenvalue weighted by molar-refractivity contribution is -0.231. The monoisotopic (exact) mass is 464 g/mol. The fourth-order valence-corrected chi connectivity index (χ4v) is 4.06. The maximum absolute atomic E-state index is 10.4. The van der Waals surface area contributed by atoms with Crippen molar-refractivity contribution in [1.29, 1.82) is 0 Å². The average molecular weight is 465 g/mol. The zero-order valence-electron chi connectivity index (χ0n) is 17.8. The minimum atomic E-state index is -1.43. The number of aliphatic hydroxyl groups excluding tert-OH is 4. The SMILES string of the molecule is OC[C@H]1O[C@@H](c2ccc(Cl)c(Cc3ccc(C#Cc4ccccc4)cc3)c2)[C@H](O)[C@@H](O)[C@@H]1O. The van der Waals surface area contributed by atoms with Crippen molar-refractivity contribution in [3.63, 3.8) is 0 Å². The first-order valence-corrected chi connectivity index (χ1v) is 11.1. The predicted octanol–water partition coefficient (Wildman–Crippen LogP) is 2.85. The highest BCUT2D eigenvalue weighted by Crippen LogP contribution is 2.34. The maximum atomic E-state index is 10.4. The standard InChI is InChI=1S/C27H25ClO5/c28-22-13-12-20(27-26(32)25(31)24(30)23(16-29)33-27)15-21(22)14-19-10-8-18(9-11-19)7-6-17-4-2-1-3-5-17/h1-5,8-13,15,23-27,29-32H,14,16H2/t23-,24-,25+,26-,27+/m1/s1. The van der Waals surface area contributed by atoms with Gasteiger partial charge in [-0.15, -0.1) is 0 Å². The molecule has 0 unspecified atom stereocenters. The number of hydrogen-bond acceptors (Lipinski definition) is 5. The second-order valence-electron chi connectivity index (χ2n) is 8.09. The minimum Gasteiger partial charge on any atom is -0.394 e. The minimum absolute atomic E-state index is 0.471. The Balaban J connectivity index is 1.51. The normalized spacial score (nSPS) is 24.7. The van der Waals surface area contributed by atoms with Gasteiger partial charge in [0.1, 0.15) is 30.5 Å². The molecule has 0 radical (unpaired) electrons. The van der Waals surface area contributed by atoms with Crippen molar-refractivity contribution in [2.24, 2.45) is 0 Å². The van der Waals surface area contributed by atoms with Gasteiger partial charge in [-0.1, -0.05) is 65.9 Å². The first kappa shape index (κ1) is 23.5. The van der Waals surface area contributed by atoms with E-state index in [0.29, 0.717) is 17.0 Å². The van der Waals surface area contributed by atoms with E-state index in [1.165, 1.54) is 0 Å². The van der Waals surface area contributed by atoms with Crippen LogP contribution in [0.3, 0.4) is 0 Å². The van der Waals surface area contributed by atoms with Gasteiger partial charge in [0.2, 0.25) is 0 Å². The van der Waals surface area contributed by atoms with Crippen LogP contribution in [-0.2, 0) is 11.2 Å².